The Morgan fingerprint density at radius 3 is 2.93 bits per heavy atom. The topological polar surface area (TPSA) is 77.1 Å². The molecular formula is C11H15N3O. The van der Waals surface area contributed by atoms with Gasteiger partial charge in [0.2, 0.25) is 0 Å². The summed E-state index contributed by atoms with van der Waals surface area (Å²) in [5.74, 6) is 0.826. The summed E-state index contributed by atoms with van der Waals surface area (Å²) in [6.07, 6.45) is 1.90. The second-order valence-electron chi connectivity index (χ2n) is 3.50. The summed E-state index contributed by atoms with van der Waals surface area (Å²) in [6.45, 7) is 0.435. The van der Waals surface area contributed by atoms with E-state index in [1.807, 2.05) is 24.4 Å². The van der Waals surface area contributed by atoms with E-state index in [9.17, 15) is 0 Å². The number of aromatic amines is 1. The Morgan fingerprint density at radius 1 is 1.47 bits per heavy atom. The van der Waals surface area contributed by atoms with Gasteiger partial charge >= 0.3 is 0 Å². The Labute approximate surface area is 88.2 Å². The van der Waals surface area contributed by atoms with Crippen LogP contribution in [-0.2, 0) is 0 Å². The third-order valence-electron chi connectivity index (χ3n) is 2.57. The normalized spacial score (nSPS) is 13.0. The average Bonchev–Trinajstić information content (AvgIpc) is 2.70. The molecule has 0 saturated heterocycles. The van der Waals surface area contributed by atoms with Crippen LogP contribution in [0.4, 0.5) is 0 Å². The highest BCUT2D eigenvalue weighted by Crippen LogP contribution is 2.26. The number of nitrogens with one attached hydrogen (secondary N) is 1. The van der Waals surface area contributed by atoms with Crippen LogP contribution in [0.15, 0.2) is 24.4 Å². The summed E-state index contributed by atoms with van der Waals surface area (Å²) in [5.41, 5.74) is 13.5. The summed E-state index contributed by atoms with van der Waals surface area (Å²) in [4.78, 5) is 3.16. The lowest BCUT2D eigenvalue weighted by Gasteiger charge is -2.07. The lowest BCUT2D eigenvalue weighted by Crippen LogP contribution is -2.20. The van der Waals surface area contributed by atoms with E-state index in [0.717, 1.165) is 22.2 Å². The van der Waals surface area contributed by atoms with E-state index in [1.165, 1.54) is 0 Å². The summed E-state index contributed by atoms with van der Waals surface area (Å²) >= 11 is 0. The first-order chi connectivity index (χ1) is 7.26. The lowest BCUT2D eigenvalue weighted by molar-refractivity contribution is 0.415. The van der Waals surface area contributed by atoms with E-state index in [2.05, 4.69) is 4.98 Å². The van der Waals surface area contributed by atoms with Crippen LogP contribution in [0.25, 0.3) is 10.9 Å². The predicted molar refractivity (Wildman–Crippen MR) is 60.8 cm³/mol. The first-order valence-corrected chi connectivity index (χ1v) is 4.87. The van der Waals surface area contributed by atoms with Crippen LogP contribution in [0, 0.1) is 0 Å². The second-order valence-corrected chi connectivity index (χ2v) is 3.50. The third kappa shape index (κ3) is 1.69. The first-order valence-electron chi connectivity index (χ1n) is 4.87. The van der Waals surface area contributed by atoms with Gasteiger partial charge in [0.1, 0.15) is 5.75 Å². The number of benzene rings is 1. The second kappa shape index (κ2) is 3.92. The molecule has 2 rings (SSSR count). The number of aromatic nitrogens is 1. The molecule has 1 heterocycles. The number of fused-ring (bicyclic) bond motifs is 1. The Hall–Kier alpha value is -1.52. The van der Waals surface area contributed by atoms with Crippen molar-refractivity contribution in [3.05, 3.63) is 30.0 Å². The molecule has 1 aromatic heterocycles. The molecule has 0 unspecified atom stereocenters. The third-order valence-corrected chi connectivity index (χ3v) is 2.57. The predicted octanol–water partition coefficient (Wildman–Crippen LogP) is 1.13. The van der Waals surface area contributed by atoms with Gasteiger partial charge in [-0.2, -0.15) is 0 Å². The SMILES string of the molecule is COc1ccc2[nH]cc([C@@H](N)CN)c2c1. The molecule has 0 spiro atoms. The number of rotatable bonds is 3. The monoisotopic (exact) mass is 205 g/mol. The van der Waals surface area contributed by atoms with E-state index >= 15 is 0 Å². The molecule has 0 aliphatic heterocycles. The molecule has 0 amide bonds. The van der Waals surface area contributed by atoms with Crippen LogP contribution >= 0.6 is 0 Å². The molecule has 1 aromatic carbocycles. The molecule has 80 valence electrons. The van der Waals surface area contributed by atoms with Crippen LogP contribution < -0.4 is 16.2 Å². The number of hydrogen-bond acceptors (Lipinski definition) is 3. The van der Waals surface area contributed by atoms with E-state index in [4.69, 9.17) is 16.2 Å². The zero-order chi connectivity index (χ0) is 10.8. The van der Waals surface area contributed by atoms with Crippen molar-refractivity contribution in [3.63, 3.8) is 0 Å². The van der Waals surface area contributed by atoms with Crippen molar-refractivity contribution in [2.24, 2.45) is 11.5 Å². The van der Waals surface area contributed by atoms with Crippen LogP contribution in [0.5, 0.6) is 5.75 Å². The Bertz CT molecular complexity index is 464. The van der Waals surface area contributed by atoms with Gasteiger partial charge in [-0.15, -0.1) is 0 Å². The molecule has 2 aromatic rings. The molecule has 5 N–H and O–H groups in total. The highest BCUT2D eigenvalue weighted by molar-refractivity contribution is 5.85. The van der Waals surface area contributed by atoms with Crippen molar-refractivity contribution in [1.82, 2.24) is 4.98 Å². The molecule has 4 nitrogen and oxygen atoms in total. The molecule has 0 aliphatic rings. The van der Waals surface area contributed by atoms with Gasteiger partial charge in [0.05, 0.1) is 7.11 Å². The summed E-state index contributed by atoms with van der Waals surface area (Å²) in [6, 6.07) is 5.72. The van der Waals surface area contributed by atoms with Gasteiger partial charge in [0, 0.05) is 29.7 Å². The van der Waals surface area contributed by atoms with Gasteiger partial charge in [-0.25, -0.2) is 0 Å². The maximum atomic E-state index is 5.91. The first kappa shape index (κ1) is 10.0. The Balaban J connectivity index is 2.56. The molecule has 1 atom stereocenters. The van der Waals surface area contributed by atoms with Crippen molar-refractivity contribution in [3.8, 4) is 5.75 Å². The quantitative estimate of drug-likeness (QED) is 0.703. The molecule has 0 fully saturated rings. The molecule has 0 aliphatic carbocycles. The van der Waals surface area contributed by atoms with Crippen LogP contribution in [-0.4, -0.2) is 18.6 Å². The van der Waals surface area contributed by atoms with Gasteiger partial charge < -0.3 is 21.2 Å². The molecule has 15 heavy (non-hydrogen) atoms. The zero-order valence-corrected chi connectivity index (χ0v) is 8.66. The van der Waals surface area contributed by atoms with Crippen LogP contribution in [0.2, 0.25) is 0 Å². The van der Waals surface area contributed by atoms with Gasteiger partial charge in [-0.05, 0) is 23.8 Å². The van der Waals surface area contributed by atoms with Crippen molar-refractivity contribution in [1.29, 1.82) is 0 Å². The van der Waals surface area contributed by atoms with E-state index in [1.54, 1.807) is 7.11 Å². The molecule has 0 radical (unpaired) electrons. The lowest BCUT2D eigenvalue weighted by atomic mass is 10.1. The molecule has 0 saturated carbocycles. The van der Waals surface area contributed by atoms with Crippen LogP contribution in [0.3, 0.4) is 0 Å². The summed E-state index contributed by atoms with van der Waals surface area (Å²) < 4.78 is 5.17. The number of H-pyrrole nitrogens is 1. The number of hydrogen-bond donors (Lipinski definition) is 3. The Morgan fingerprint density at radius 2 is 2.27 bits per heavy atom. The van der Waals surface area contributed by atoms with Gasteiger partial charge in [-0.3, -0.25) is 0 Å². The number of methoxy groups -OCH3 is 1. The zero-order valence-electron chi connectivity index (χ0n) is 8.66. The number of nitrogens with two attached hydrogens (primary N) is 2. The Kier molecular flexibility index (Phi) is 2.62. The minimum atomic E-state index is -0.133. The maximum absolute atomic E-state index is 5.91. The van der Waals surface area contributed by atoms with Gasteiger partial charge in [0.25, 0.3) is 0 Å². The molecule has 4 heteroatoms. The fourth-order valence-electron chi connectivity index (χ4n) is 1.68. The fourth-order valence-corrected chi connectivity index (χ4v) is 1.68. The molecule has 0 bridgehead atoms. The smallest absolute Gasteiger partial charge is 0.119 e. The standard InChI is InChI=1S/C11H15N3O/c1-15-7-2-3-11-8(4-7)9(6-14-11)10(13)5-12/h2-4,6,10,14H,5,12-13H2,1H3/t10-/m0/s1. The summed E-state index contributed by atoms with van der Waals surface area (Å²) in [5, 5.41) is 1.08. The van der Waals surface area contributed by atoms with Crippen molar-refractivity contribution in [2.75, 3.05) is 13.7 Å². The molecular weight excluding hydrogens is 190 g/mol. The average molecular weight is 205 g/mol. The van der Waals surface area contributed by atoms with Crippen molar-refractivity contribution < 1.29 is 4.74 Å². The van der Waals surface area contributed by atoms with E-state index < -0.39 is 0 Å². The highest BCUT2D eigenvalue weighted by atomic mass is 16.5. The van der Waals surface area contributed by atoms with Gasteiger partial charge in [0.15, 0.2) is 0 Å². The fraction of sp³-hybridized carbons (Fsp3) is 0.273. The van der Waals surface area contributed by atoms with E-state index in [-0.39, 0.29) is 6.04 Å². The van der Waals surface area contributed by atoms with Crippen molar-refractivity contribution in [2.45, 2.75) is 6.04 Å². The minimum Gasteiger partial charge on any atom is -0.497 e. The van der Waals surface area contributed by atoms with Gasteiger partial charge in [-0.1, -0.05) is 0 Å². The summed E-state index contributed by atoms with van der Waals surface area (Å²) in [7, 11) is 1.65. The van der Waals surface area contributed by atoms with Crippen LogP contribution in [0.1, 0.15) is 11.6 Å². The number of ether oxygens (including phenoxy) is 1. The highest BCUT2D eigenvalue weighted by Gasteiger charge is 2.10. The van der Waals surface area contributed by atoms with E-state index in [0.29, 0.717) is 6.54 Å². The maximum Gasteiger partial charge on any atom is 0.119 e. The minimum absolute atomic E-state index is 0.133. The largest absolute Gasteiger partial charge is 0.497 e. The van der Waals surface area contributed by atoms with Crippen molar-refractivity contribution >= 4 is 10.9 Å².